The van der Waals surface area contributed by atoms with E-state index in [2.05, 4.69) is 25.9 Å². The third-order valence-electron chi connectivity index (χ3n) is 2.95. The Kier molecular flexibility index (Phi) is 3.51. The van der Waals surface area contributed by atoms with Gasteiger partial charge in [-0.15, -0.1) is 0 Å². The van der Waals surface area contributed by atoms with Crippen molar-refractivity contribution in [1.82, 2.24) is 4.98 Å². The highest BCUT2D eigenvalue weighted by molar-refractivity contribution is 9.10. The van der Waals surface area contributed by atoms with Crippen LogP contribution in [0.15, 0.2) is 51.9 Å². The number of benzene rings is 2. The van der Waals surface area contributed by atoms with Gasteiger partial charge in [-0.25, -0.2) is 0 Å². The Labute approximate surface area is 129 Å². The summed E-state index contributed by atoms with van der Waals surface area (Å²) in [5, 5.41) is 11.5. The first kappa shape index (κ1) is 13.2. The minimum absolute atomic E-state index is 0.107. The first-order chi connectivity index (χ1) is 9.63. The molecule has 0 unspecified atom stereocenters. The van der Waals surface area contributed by atoms with Crippen LogP contribution in [0.5, 0.6) is 5.88 Å². The van der Waals surface area contributed by atoms with E-state index in [0.717, 1.165) is 21.1 Å². The van der Waals surface area contributed by atoms with Gasteiger partial charge in [-0.05, 0) is 42.5 Å². The van der Waals surface area contributed by atoms with Gasteiger partial charge in [0.25, 0.3) is 0 Å². The van der Waals surface area contributed by atoms with E-state index in [4.69, 9.17) is 11.6 Å². The molecule has 3 rings (SSSR count). The summed E-state index contributed by atoms with van der Waals surface area (Å²) in [6, 6.07) is 13.0. The van der Waals surface area contributed by atoms with Crippen LogP contribution in [0.4, 0.5) is 5.69 Å². The number of aromatic nitrogens is 1. The average molecular weight is 350 g/mol. The zero-order chi connectivity index (χ0) is 14.1. The van der Waals surface area contributed by atoms with Crippen LogP contribution < -0.4 is 0 Å². The highest BCUT2D eigenvalue weighted by Crippen LogP contribution is 2.28. The van der Waals surface area contributed by atoms with Crippen molar-refractivity contribution in [3.63, 3.8) is 0 Å². The quantitative estimate of drug-likeness (QED) is 0.626. The molecular formula is C15H10BrClN2O. The SMILES string of the molecule is Oc1[nH]c2ccc(Br)cc2c1C=Nc1ccc(Cl)cc1. The van der Waals surface area contributed by atoms with E-state index < -0.39 is 0 Å². The maximum absolute atomic E-state index is 9.96. The van der Waals surface area contributed by atoms with Gasteiger partial charge >= 0.3 is 0 Å². The number of hydrogen-bond donors (Lipinski definition) is 2. The monoisotopic (exact) mass is 348 g/mol. The lowest BCUT2D eigenvalue weighted by Gasteiger charge is -1.95. The molecule has 3 aromatic rings. The summed E-state index contributed by atoms with van der Waals surface area (Å²) in [5.41, 5.74) is 2.30. The maximum Gasteiger partial charge on any atom is 0.198 e. The predicted molar refractivity (Wildman–Crippen MR) is 86.4 cm³/mol. The van der Waals surface area contributed by atoms with Crippen LogP contribution >= 0.6 is 27.5 Å². The summed E-state index contributed by atoms with van der Waals surface area (Å²) in [6.45, 7) is 0. The molecule has 1 heterocycles. The molecule has 0 aliphatic heterocycles. The molecule has 0 fully saturated rings. The first-order valence-corrected chi connectivity index (χ1v) is 7.10. The lowest BCUT2D eigenvalue weighted by atomic mass is 10.2. The normalized spacial score (nSPS) is 11.5. The van der Waals surface area contributed by atoms with Crippen LogP contribution in [0.25, 0.3) is 10.9 Å². The van der Waals surface area contributed by atoms with Crippen LogP contribution in [0.2, 0.25) is 5.02 Å². The molecule has 0 bridgehead atoms. The Morgan fingerprint density at radius 1 is 1.15 bits per heavy atom. The maximum atomic E-state index is 9.96. The zero-order valence-electron chi connectivity index (χ0n) is 10.3. The van der Waals surface area contributed by atoms with Gasteiger partial charge in [0, 0.05) is 26.6 Å². The second kappa shape index (κ2) is 5.31. The average Bonchev–Trinajstić information content (AvgIpc) is 2.73. The molecule has 3 nitrogen and oxygen atoms in total. The summed E-state index contributed by atoms with van der Waals surface area (Å²) >= 11 is 9.26. The lowest BCUT2D eigenvalue weighted by Crippen LogP contribution is -1.79. The van der Waals surface area contributed by atoms with Gasteiger partial charge in [-0.2, -0.15) is 0 Å². The predicted octanol–water partition coefficient (Wildman–Crippen LogP) is 5.04. The highest BCUT2D eigenvalue weighted by Gasteiger charge is 2.08. The summed E-state index contributed by atoms with van der Waals surface area (Å²) < 4.78 is 0.949. The fourth-order valence-corrected chi connectivity index (χ4v) is 2.45. The molecule has 0 aliphatic rings. The number of fused-ring (bicyclic) bond motifs is 1. The zero-order valence-corrected chi connectivity index (χ0v) is 12.6. The molecule has 5 heteroatoms. The van der Waals surface area contributed by atoms with E-state index in [0.29, 0.717) is 10.6 Å². The highest BCUT2D eigenvalue weighted by atomic mass is 79.9. The number of nitrogens with zero attached hydrogens (tertiary/aromatic N) is 1. The Bertz CT molecular complexity index is 793. The summed E-state index contributed by atoms with van der Waals surface area (Å²) in [5.74, 6) is 0.107. The minimum Gasteiger partial charge on any atom is -0.494 e. The lowest BCUT2D eigenvalue weighted by molar-refractivity contribution is 0.457. The molecule has 0 saturated heterocycles. The second-order valence-corrected chi connectivity index (χ2v) is 5.66. The number of nitrogens with one attached hydrogen (secondary N) is 1. The Morgan fingerprint density at radius 2 is 1.90 bits per heavy atom. The van der Waals surface area contributed by atoms with Gasteiger partial charge in [0.05, 0.1) is 11.3 Å². The van der Waals surface area contributed by atoms with Crippen LogP contribution in [0, 0.1) is 0 Å². The Morgan fingerprint density at radius 3 is 2.65 bits per heavy atom. The molecule has 0 spiro atoms. The van der Waals surface area contributed by atoms with Crippen LogP contribution in [0.1, 0.15) is 5.56 Å². The van der Waals surface area contributed by atoms with Gasteiger partial charge in [0.15, 0.2) is 5.88 Å². The van der Waals surface area contributed by atoms with Crippen molar-refractivity contribution >= 4 is 50.3 Å². The number of H-pyrrole nitrogens is 1. The largest absolute Gasteiger partial charge is 0.494 e. The van der Waals surface area contributed by atoms with E-state index in [1.54, 1.807) is 18.3 Å². The minimum atomic E-state index is 0.107. The molecule has 0 saturated carbocycles. The van der Waals surface area contributed by atoms with Gasteiger partial charge in [0.2, 0.25) is 0 Å². The van der Waals surface area contributed by atoms with Crippen molar-refractivity contribution in [2.24, 2.45) is 4.99 Å². The molecule has 2 aromatic carbocycles. The van der Waals surface area contributed by atoms with Crippen LogP contribution in [0.3, 0.4) is 0 Å². The van der Waals surface area contributed by atoms with Crippen molar-refractivity contribution in [2.45, 2.75) is 0 Å². The Balaban J connectivity index is 2.03. The molecule has 0 amide bonds. The van der Waals surface area contributed by atoms with Crippen molar-refractivity contribution in [3.8, 4) is 5.88 Å². The molecule has 0 atom stereocenters. The van der Waals surface area contributed by atoms with Crippen molar-refractivity contribution in [1.29, 1.82) is 0 Å². The van der Waals surface area contributed by atoms with Crippen molar-refractivity contribution in [2.75, 3.05) is 0 Å². The van der Waals surface area contributed by atoms with E-state index in [-0.39, 0.29) is 5.88 Å². The summed E-state index contributed by atoms with van der Waals surface area (Å²) in [6.07, 6.45) is 1.64. The summed E-state index contributed by atoms with van der Waals surface area (Å²) in [4.78, 5) is 7.27. The number of aromatic amines is 1. The van der Waals surface area contributed by atoms with E-state index in [1.165, 1.54) is 0 Å². The van der Waals surface area contributed by atoms with Crippen LogP contribution in [-0.4, -0.2) is 16.3 Å². The van der Waals surface area contributed by atoms with Crippen LogP contribution in [-0.2, 0) is 0 Å². The van der Waals surface area contributed by atoms with Gasteiger partial charge in [0.1, 0.15) is 0 Å². The third-order valence-corrected chi connectivity index (χ3v) is 3.69. The number of rotatable bonds is 2. The number of aliphatic imine (C=N–C) groups is 1. The molecule has 20 heavy (non-hydrogen) atoms. The topological polar surface area (TPSA) is 48.4 Å². The smallest absolute Gasteiger partial charge is 0.198 e. The molecule has 0 radical (unpaired) electrons. The van der Waals surface area contributed by atoms with E-state index in [1.807, 2.05) is 30.3 Å². The van der Waals surface area contributed by atoms with E-state index in [9.17, 15) is 5.11 Å². The molecule has 1 aromatic heterocycles. The molecule has 100 valence electrons. The molecule has 2 N–H and O–H groups in total. The Hall–Kier alpha value is -1.78. The second-order valence-electron chi connectivity index (χ2n) is 4.31. The van der Waals surface area contributed by atoms with Gasteiger partial charge < -0.3 is 10.1 Å². The molecule has 0 aliphatic carbocycles. The molecular weight excluding hydrogens is 340 g/mol. The van der Waals surface area contributed by atoms with Gasteiger partial charge in [-0.1, -0.05) is 27.5 Å². The fraction of sp³-hybridized carbons (Fsp3) is 0. The number of hydrogen-bond acceptors (Lipinski definition) is 2. The van der Waals surface area contributed by atoms with Crippen molar-refractivity contribution < 1.29 is 5.11 Å². The van der Waals surface area contributed by atoms with Crippen molar-refractivity contribution in [3.05, 3.63) is 57.5 Å². The fourth-order valence-electron chi connectivity index (χ4n) is 1.97. The number of aromatic hydroxyl groups is 1. The number of halogens is 2. The van der Waals surface area contributed by atoms with Gasteiger partial charge in [-0.3, -0.25) is 4.99 Å². The standard InChI is InChI=1S/C15H10BrClN2O/c16-9-1-6-14-12(7-9)13(15(20)19-14)8-18-11-4-2-10(17)3-5-11/h1-8,19-20H. The third kappa shape index (κ3) is 2.57. The first-order valence-electron chi connectivity index (χ1n) is 5.93. The summed E-state index contributed by atoms with van der Waals surface area (Å²) in [7, 11) is 0. The van der Waals surface area contributed by atoms with E-state index >= 15 is 0 Å².